The highest BCUT2D eigenvalue weighted by Crippen LogP contribution is 2.34. The van der Waals surface area contributed by atoms with E-state index in [0.29, 0.717) is 15.9 Å². The second-order valence-corrected chi connectivity index (χ2v) is 4.69. The van der Waals surface area contributed by atoms with Crippen molar-refractivity contribution < 1.29 is 22.6 Å². The van der Waals surface area contributed by atoms with Crippen molar-refractivity contribution in [3.63, 3.8) is 0 Å². The van der Waals surface area contributed by atoms with E-state index in [4.69, 9.17) is 4.74 Å². The van der Waals surface area contributed by atoms with Crippen LogP contribution in [0.4, 0.5) is 13.2 Å². The van der Waals surface area contributed by atoms with Crippen LogP contribution in [-0.4, -0.2) is 0 Å². The van der Waals surface area contributed by atoms with Gasteiger partial charge in [-0.15, -0.1) is 0 Å². The van der Waals surface area contributed by atoms with Crippen LogP contribution in [-0.2, 0) is 6.18 Å². The quantitative estimate of drug-likeness (QED) is 0.523. The van der Waals surface area contributed by atoms with Gasteiger partial charge in [0.1, 0.15) is 11.5 Å². The lowest BCUT2D eigenvalue weighted by molar-refractivity contribution is -0.603. The molecule has 0 spiro atoms. The molecule has 0 saturated heterocycles. The maximum Gasteiger partial charge on any atom is 0.416 e. The molecule has 0 amide bonds. The van der Waals surface area contributed by atoms with Gasteiger partial charge >= 0.3 is 6.18 Å². The highest BCUT2D eigenvalue weighted by molar-refractivity contribution is 5.87. The standard InChI is InChI=1S/C16H10F3NO2/c17-16(18,19)12-4-2-5-13(9-12)22-15-6-1-3-11-7-8-20(21)10-14(11)15/h1-10H. The highest BCUT2D eigenvalue weighted by Gasteiger charge is 2.30. The molecule has 22 heavy (non-hydrogen) atoms. The van der Waals surface area contributed by atoms with Crippen LogP contribution in [0.3, 0.4) is 0 Å². The molecule has 0 fully saturated rings. The van der Waals surface area contributed by atoms with Gasteiger partial charge < -0.3 is 9.94 Å². The Bertz CT molecular complexity index is 831. The summed E-state index contributed by atoms with van der Waals surface area (Å²) in [4.78, 5) is 0. The van der Waals surface area contributed by atoms with Crippen molar-refractivity contribution in [2.45, 2.75) is 6.18 Å². The van der Waals surface area contributed by atoms with Gasteiger partial charge in [-0.2, -0.15) is 17.9 Å². The van der Waals surface area contributed by atoms with E-state index in [1.165, 1.54) is 24.5 Å². The van der Waals surface area contributed by atoms with E-state index >= 15 is 0 Å². The maximum absolute atomic E-state index is 12.7. The van der Waals surface area contributed by atoms with Crippen molar-refractivity contribution >= 4 is 10.8 Å². The molecule has 0 saturated carbocycles. The van der Waals surface area contributed by atoms with Crippen molar-refractivity contribution in [2.75, 3.05) is 0 Å². The number of benzene rings is 2. The van der Waals surface area contributed by atoms with E-state index in [1.807, 2.05) is 0 Å². The van der Waals surface area contributed by atoms with Crippen molar-refractivity contribution in [2.24, 2.45) is 0 Å². The molecule has 3 nitrogen and oxygen atoms in total. The minimum Gasteiger partial charge on any atom is -0.619 e. The minimum absolute atomic E-state index is 0.0589. The summed E-state index contributed by atoms with van der Waals surface area (Å²) in [5.41, 5.74) is -0.788. The smallest absolute Gasteiger partial charge is 0.416 e. The van der Waals surface area contributed by atoms with Gasteiger partial charge in [-0.25, -0.2) is 0 Å². The number of hydrogen-bond acceptors (Lipinski definition) is 2. The lowest BCUT2D eigenvalue weighted by atomic mass is 10.1. The number of nitrogens with zero attached hydrogens (tertiary/aromatic N) is 1. The number of alkyl halides is 3. The van der Waals surface area contributed by atoms with Crippen LogP contribution >= 0.6 is 0 Å². The van der Waals surface area contributed by atoms with Crippen LogP contribution < -0.4 is 9.47 Å². The topological polar surface area (TPSA) is 36.2 Å². The van der Waals surface area contributed by atoms with E-state index < -0.39 is 11.7 Å². The molecule has 0 atom stereocenters. The summed E-state index contributed by atoms with van der Waals surface area (Å²) in [7, 11) is 0. The molecule has 0 bridgehead atoms. The molecule has 0 radical (unpaired) electrons. The largest absolute Gasteiger partial charge is 0.619 e. The lowest BCUT2D eigenvalue weighted by Gasteiger charge is -2.11. The Balaban J connectivity index is 2.02. The number of aromatic nitrogens is 1. The zero-order chi connectivity index (χ0) is 15.7. The summed E-state index contributed by atoms with van der Waals surface area (Å²) in [6.45, 7) is 0. The van der Waals surface area contributed by atoms with Crippen LogP contribution in [0, 0.1) is 5.21 Å². The van der Waals surface area contributed by atoms with Gasteiger partial charge in [-0.1, -0.05) is 18.2 Å². The van der Waals surface area contributed by atoms with Gasteiger partial charge in [-0.3, -0.25) is 0 Å². The van der Waals surface area contributed by atoms with Crippen molar-refractivity contribution in [3.05, 3.63) is 71.7 Å². The average molecular weight is 305 g/mol. The normalized spacial score (nSPS) is 11.6. The fourth-order valence-corrected chi connectivity index (χ4v) is 2.12. The first-order chi connectivity index (χ1) is 10.4. The zero-order valence-corrected chi connectivity index (χ0v) is 11.2. The van der Waals surface area contributed by atoms with Gasteiger partial charge in [0.05, 0.1) is 10.9 Å². The summed E-state index contributed by atoms with van der Waals surface area (Å²) >= 11 is 0. The summed E-state index contributed by atoms with van der Waals surface area (Å²) in [6.07, 6.45) is -1.77. The Morgan fingerprint density at radius 3 is 2.55 bits per heavy atom. The monoisotopic (exact) mass is 305 g/mol. The van der Waals surface area contributed by atoms with Crippen molar-refractivity contribution in [3.8, 4) is 11.5 Å². The predicted octanol–water partition coefficient (Wildman–Crippen LogP) is 4.28. The number of hydrogen-bond donors (Lipinski definition) is 0. The molecule has 3 rings (SSSR count). The molecular weight excluding hydrogens is 295 g/mol. The number of halogens is 3. The molecule has 0 aliphatic carbocycles. The number of ether oxygens (including phenoxy) is 1. The Kier molecular flexibility index (Phi) is 3.36. The average Bonchev–Trinajstić information content (AvgIpc) is 2.47. The van der Waals surface area contributed by atoms with Gasteiger partial charge in [-0.05, 0) is 29.7 Å². The fourth-order valence-electron chi connectivity index (χ4n) is 2.12. The number of fused-ring (bicyclic) bond motifs is 1. The molecule has 3 aromatic rings. The first-order valence-electron chi connectivity index (χ1n) is 6.40. The number of pyridine rings is 1. The molecule has 6 heteroatoms. The highest BCUT2D eigenvalue weighted by atomic mass is 19.4. The third-order valence-electron chi connectivity index (χ3n) is 3.15. The molecule has 1 aromatic heterocycles. The molecule has 0 aliphatic rings. The molecule has 112 valence electrons. The van der Waals surface area contributed by atoms with Crippen LogP contribution in [0.5, 0.6) is 11.5 Å². The van der Waals surface area contributed by atoms with Crippen LogP contribution in [0.15, 0.2) is 60.9 Å². The molecule has 0 aliphatic heterocycles. The van der Waals surface area contributed by atoms with E-state index in [1.54, 1.807) is 24.3 Å². The van der Waals surface area contributed by atoms with Gasteiger partial charge in [0.2, 0.25) is 0 Å². The van der Waals surface area contributed by atoms with Crippen LogP contribution in [0.25, 0.3) is 10.8 Å². The second-order valence-electron chi connectivity index (χ2n) is 4.69. The third-order valence-corrected chi connectivity index (χ3v) is 3.15. The maximum atomic E-state index is 12.7. The molecular formula is C16H10F3NO2. The Morgan fingerprint density at radius 2 is 1.77 bits per heavy atom. The summed E-state index contributed by atoms with van der Waals surface area (Å²) in [5, 5.41) is 12.7. The Hall–Kier alpha value is -2.76. The van der Waals surface area contributed by atoms with E-state index in [9.17, 15) is 18.4 Å². The lowest BCUT2D eigenvalue weighted by Crippen LogP contribution is -2.23. The van der Waals surface area contributed by atoms with E-state index in [0.717, 1.165) is 17.5 Å². The molecule has 0 unspecified atom stereocenters. The Morgan fingerprint density at radius 1 is 1.00 bits per heavy atom. The summed E-state index contributed by atoms with van der Waals surface area (Å²) < 4.78 is 44.3. The Labute approximate surface area is 123 Å². The van der Waals surface area contributed by atoms with Crippen LogP contribution in [0.1, 0.15) is 5.56 Å². The van der Waals surface area contributed by atoms with Gasteiger partial charge in [0.25, 0.3) is 0 Å². The second kappa shape index (κ2) is 5.22. The van der Waals surface area contributed by atoms with E-state index in [2.05, 4.69) is 0 Å². The first-order valence-corrected chi connectivity index (χ1v) is 6.40. The van der Waals surface area contributed by atoms with E-state index in [-0.39, 0.29) is 5.75 Å². The van der Waals surface area contributed by atoms with Gasteiger partial charge in [0, 0.05) is 6.07 Å². The molecule has 2 aromatic carbocycles. The molecule has 1 heterocycles. The van der Waals surface area contributed by atoms with Crippen LogP contribution in [0.2, 0.25) is 0 Å². The van der Waals surface area contributed by atoms with Crippen molar-refractivity contribution in [1.29, 1.82) is 0 Å². The minimum atomic E-state index is -4.43. The first kappa shape index (κ1) is 14.2. The third kappa shape index (κ3) is 2.81. The SMILES string of the molecule is [O-][n+]1ccc2cccc(Oc3cccc(C(F)(F)F)c3)c2c1. The number of rotatable bonds is 2. The fraction of sp³-hybridized carbons (Fsp3) is 0.0625. The zero-order valence-electron chi connectivity index (χ0n) is 11.2. The summed E-state index contributed by atoms with van der Waals surface area (Å²) in [5.74, 6) is 0.380. The molecule has 0 N–H and O–H groups in total. The van der Waals surface area contributed by atoms with Gasteiger partial charge in [0.15, 0.2) is 12.4 Å². The van der Waals surface area contributed by atoms with Crippen molar-refractivity contribution in [1.82, 2.24) is 0 Å². The predicted molar refractivity (Wildman–Crippen MR) is 74.4 cm³/mol. The summed E-state index contributed by atoms with van der Waals surface area (Å²) in [6, 6.07) is 11.3.